The van der Waals surface area contributed by atoms with Crippen molar-refractivity contribution in [3.05, 3.63) is 45.5 Å². The number of carbonyl (C=O) groups is 2. The molecule has 0 aliphatic carbocycles. The van der Waals surface area contributed by atoms with Crippen LogP contribution in [0, 0.1) is 0 Å². The summed E-state index contributed by atoms with van der Waals surface area (Å²) in [4.78, 5) is 30.5. The third-order valence-corrected chi connectivity index (χ3v) is 6.21. The number of hydrogen-bond donors (Lipinski definition) is 0. The number of amides is 2. The van der Waals surface area contributed by atoms with E-state index >= 15 is 0 Å². The number of morpholine rings is 1. The molecule has 0 saturated carbocycles. The van der Waals surface area contributed by atoms with Gasteiger partial charge in [-0.05, 0) is 36.4 Å². The first-order valence-corrected chi connectivity index (χ1v) is 10.4. The van der Waals surface area contributed by atoms with Crippen molar-refractivity contribution < 1.29 is 18.7 Å². The lowest BCUT2D eigenvalue weighted by atomic mass is 10.1. The van der Waals surface area contributed by atoms with Crippen LogP contribution in [-0.2, 0) is 22.4 Å². The highest BCUT2D eigenvalue weighted by atomic mass is 32.1. The zero-order valence-corrected chi connectivity index (χ0v) is 16.3. The number of thiophene rings is 1. The second-order valence-corrected chi connectivity index (χ2v) is 7.92. The van der Waals surface area contributed by atoms with Crippen LogP contribution in [0.1, 0.15) is 46.1 Å². The van der Waals surface area contributed by atoms with Crippen LogP contribution in [0.25, 0.3) is 0 Å². The minimum Gasteiger partial charge on any atom is -0.464 e. The molecule has 2 aliphatic rings. The molecule has 6 nitrogen and oxygen atoms in total. The van der Waals surface area contributed by atoms with Crippen LogP contribution in [0.5, 0.6) is 0 Å². The summed E-state index contributed by atoms with van der Waals surface area (Å²) in [6.07, 6.45) is 2.60. The monoisotopic (exact) mass is 388 g/mol. The number of carbonyl (C=O) groups excluding carboxylic acids is 2. The molecule has 0 unspecified atom stereocenters. The molecular weight excluding hydrogens is 364 g/mol. The molecule has 2 aromatic rings. The predicted octanol–water partition coefficient (Wildman–Crippen LogP) is 2.89. The number of nitrogens with zero attached hydrogens (tertiary/aromatic N) is 2. The van der Waals surface area contributed by atoms with Crippen LogP contribution in [0.4, 0.5) is 0 Å². The molecule has 7 heteroatoms. The van der Waals surface area contributed by atoms with Gasteiger partial charge in [0.2, 0.25) is 5.91 Å². The van der Waals surface area contributed by atoms with E-state index in [4.69, 9.17) is 9.15 Å². The Morgan fingerprint density at radius 2 is 2.19 bits per heavy atom. The highest BCUT2D eigenvalue weighted by molar-refractivity contribution is 7.10. The Morgan fingerprint density at radius 3 is 3.00 bits per heavy atom. The minimum atomic E-state index is -0.231. The number of ether oxygens (including phenoxy) is 1. The van der Waals surface area contributed by atoms with Gasteiger partial charge in [0.25, 0.3) is 5.91 Å². The van der Waals surface area contributed by atoms with Crippen LogP contribution < -0.4 is 0 Å². The van der Waals surface area contributed by atoms with E-state index < -0.39 is 0 Å². The number of aryl methyl sites for hydroxylation is 2. The van der Waals surface area contributed by atoms with E-state index in [2.05, 4.69) is 0 Å². The van der Waals surface area contributed by atoms with E-state index in [0.717, 1.165) is 41.2 Å². The molecule has 2 aromatic heterocycles. The van der Waals surface area contributed by atoms with Crippen LogP contribution in [-0.4, -0.2) is 54.5 Å². The maximum Gasteiger partial charge on any atom is 0.255 e. The molecule has 2 aliphatic heterocycles. The third-order valence-electron chi connectivity index (χ3n) is 5.23. The largest absolute Gasteiger partial charge is 0.464 e. The Kier molecular flexibility index (Phi) is 5.31. The Balaban J connectivity index is 1.50. The molecule has 4 rings (SSSR count). The van der Waals surface area contributed by atoms with Gasteiger partial charge < -0.3 is 19.0 Å². The zero-order valence-electron chi connectivity index (χ0n) is 15.5. The third kappa shape index (κ3) is 3.66. The second kappa shape index (κ2) is 7.86. The van der Waals surface area contributed by atoms with Gasteiger partial charge in [-0.25, -0.2) is 0 Å². The Bertz CT molecular complexity index is 828. The van der Waals surface area contributed by atoms with Crippen molar-refractivity contribution in [2.75, 3.05) is 32.8 Å². The standard InChI is InChI=1S/C20H24N2O4S/c1-2-14-5-6-17(26-14)16-13-25-10-9-22(16)19(23)12-21-8-3-4-18-15(20(21)24)7-11-27-18/h5-7,11,16H,2-4,8-10,12-13H2,1H3/t16-/m1/s1. The number of fused-ring (bicyclic) bond motifs is 1. The van der Waals surface area contributed by atoms with Crippen molar-refractivity contribution in [1.82, 2.24) is 9.80 Å². The van der Waals surface area contributed by atoms with Crippen molar-refractivity contribution in [1.29, 1.82) is 0 Å². The van der Waals surface area contributed by atoms with Gasteiger partial charge in [0.15, 0.2) is 0 Å². The molecule has 1 fully saturated rings. The van der Waals surface area contributed by atoms with Gasteiger partial charge >= 0.3 is 0 Å². The van der Waals surface area contributed by atoms with Crippen molar-refractivity contribution in [3.63, 3.8) is 0 Å². The summed E-state index contributed by atoms with van der Waals surface area (Å²) in [5.41, 5.74) is 0.752. The Hall–Kier alpha value is -2.12. The van der Waals surface area contributed by atoms with E-state index in [1.807, 2.05) is 30.5 Å². The first kappa shape index (κ1) is 18.3. The van der Waals surface area contributed by atoms with E-state index in [0.29, 0.717) is 26.3 Å². The summed E-state index contributed by atoms with van der Waals surface area (Å²) in [5, 5.41) is 1.95. The summed E-state index contributed by atoms with van der Waals surface area (Å²) in [7, 11) is 0. The van der Waals surface area contributed by atoms with Crippen LogP contribution in [0.15, 0.2) is 28.0 Å². The smallest absolute Gasteiger partial charge is 0.255 e. The van der Waals surface area contributed by atoms with Gasteiger partial charge in [-0.3, -0.25) is 9.59 Å². The SMILES string of the molecule is CCc1ccc([C@H]2COCCN2C(=O)CN2CCCc3sccc3C2=O)o1. The molecule has 1 atom stereocenters. The molecule has 4 heterocycles. The molecule has 27 heavy (non-hydrogen) atoms. The lowest BCUT2D eigenvalue weighted by Gasteiger charge is -2.35. The zero-order chi connectivity index (χ0) is 18.8. The molecule has 1 saturated heterocycles. The number of hydrogen-bond acceptors (Lipinski definition) is 5. The molecule has 0 N–H and O–H groups in total. The first-order chi connectivity index (χ1) is 13.2. The van der Waals surface area contributed by atoms with E-state index in [9.17, 15) is 9.59 Å². The van der Waals surface area contributed by atoms with Crippen LogP contribution in [0.3, 0.4) is 0 Å². The molecular formula is C20H24N2O4S. The van der Waals surface area contributed by atoms with Gasteiger partial charge in [-0.2, -0.15) is 0 Å². The molecule has 0 bridgehead atoms. The van der Waals surface area contributed by atoms with Crippen molar-refractivity contribution in [2.24, 2.45) is 0 Å². The second-order valence-electron chi connectivity index (χ2n) is 6.92. The Morgan fingerprint density at radius 1 is 1.30 bits per heavy atom. The molecule has 0 spiro atoms. The normalized spacial score (nSPS) is 20.5. The molecule has 0 aromatic carbocycles. The fraction of sp³-hybridized carbons (Fsp3) is 0.500. The summed E-state index contributed by atoms with van der Waals surface area (Å²) in [6.45, 7) is 4.19. The molecule has 2 amide bonds. The highest BCUT2D eigenvalue weighted by Crippen LogP contribution is 2.28. The first-order valence-electron chi connectivity index (χ1n) is 9.49. The van der Waals surface area contributed by atoms with Gasteiger partial charge in [-0.15, -0.1) is 11.3 Å². The van der Waals surface area contributed by atoms with Crippen molar-refractivity contribution >= 4 is 23.2 Å². The lowest BCUT2D eigenvalue weighted by Crippen LogP contribution is -2.48. The predicted molar refractivity (Wildman–Crippen MR) is 102 cm³/mol. The van der Waals surface area contributed by atoms with Crippen molar-refractivity contribution in [2.45, 2.75) is 32.2 Å². The summed E-state index contributed by atoms with van der Waals surface area (Å²) in [6, 6.07) is 5.51. The average molecular weight is 388 g/mol. The quantitative estimate of drug-likeness (QED) is 0.808. The van der Waals surface area contributed by atoms with Gasteiger partial charge in [0.1, 0.15) is 24.1 Å². The highest BCUT2D eigenvalue weighted by Gasteiger charge is 2.33. The lowest BCUT2D eigenvalue weighted by molar-refractivity contribution is -0.141. The topological polar surface area (TPSA) is 63.0 Å². The number of furan rings is 1. The van der Waals surface area contributed by atoms with Gasteiger partial charge in [0, 0.05) is 24.4 Å². The molecule has 0 radical (unpaired) electrons. The fourth-order valence-electron chi connectivity index (χ4n) is 3.73. The van der Waals surface area contributed by atoms with Gasteiger partial charge in [-0.1, -0.05) is 6.92 Å². The number of rotatable bonds is 4. The summed E-state index contributed by atoms with van der Waals surface area (Å²) < 4.78 is 11.5. The van der Waals surface area contributed by atoms with E-state index in [1.165, 1.54) is 0 Å². The molecule has 144 valence electrons. The fourth-order valence-corrected chi connectivity index (χ4v) is 4.65. The summed E-state index contributed by atoms with van der Waals surface area (Å²) >= 11 is 1.62. The Labute approximate surface area is 162 Å². The minimum absolute atomic E-state index is 0.0341. The van der Waals surface area contributed by atoms with Crippen molar-refractivity contribution in [3.8, 4) is 0 Å². The maximum atomic E-state index is 13.1. The van der Waals surface area contributed by atoms with Crippen LogP contribution in [0.2, 0.25) is 0 Å². The van der Waals surface area contributed by atoms with Crippen LogP contribution >= 0.6 is 11.3 Å². The van der Waals surface area contributed by atoms with Gasteiger partial charge in [0.05, 0.1) is 18.8 Å². The van der Waals surface area contributed by atoms with E-state index in [1.54, 1.807) is 21.1 Å². The average Bonchev–Trinajstić information content (AvgIpc) is 3.33. The summed E-state index contributed by atoms with van der Waals surface area (Å²) in [5.74, 6) is 1.57. The van der Waals surface area contributed by atoms with E-state index in [-0.39, 0.29) is 24.4 Å². The maximum absolute atomic E-state index is 13.1.